The highest BCUT2D eigenvalue weighted by Crippen LogP contribution is 2.35. The Labute approximate surface area is 245 Å². The summed E-state index contributed by atoms with van der Waals surface area (Å²) in [4.78, 5) is 43.8. The van der Waals surface area contributed by atoms with Gasteiger partial charge in [0, 0.05) is 18.8 Å². The molecule has 1 unspecified atom stereocenters. The zero-order valence-electron chi connectivity index (χ0n) is 23.6. The molecule has 13 heteroatoms. The van der Waals surface area contributed by atoms with Crippen LogP contribution in [0.1, 0.15) is 75.7 Å². The van der Waals surface area contributed by atoms with Crippen LogP contribution in [0.4, 0.5) is 20.2 Å². The number of imide groups is 1. The number of hydrogen-bond acceptors (Lipinski definition) is 8. The Morgan fingerprint density at radius 3 is 1.97 bits per heavy atom. The van der Waals surface area contributed by atoms with Crippen molar-refractivity contribution in [3.05, 3.63) is 14.4 Å². The summed E-state index contributed by atoms with van der Waals surface area (Å²) in [5.41, 5.74) is -1.67. The van der Waals surface area contributed by atoms with E-state index in [1.54, 1.807) is 73.2 Å². The van der Waals surface area contributed by atoms with E-state index in [4.69, 9.17) is 14.2 Å². The number of nitrogens with one attached hydrogen (secondary N) is 1. The number of fused-ring (bicyclic) bond motifs is 1. The average Bonchev–Trinajstić information content (AvgIpc) is 3.01. The molecule has 0 fully saturated rings. The lowest BCUT2D eigenvalue weighted by Gasteiger charge is -2.28. The van der Waals surface area contributed by atoms with Crippen LogP contribution in [0.25, 0.3) is 10.9 Å². The highest BCUT2D eigenvalue weighted by molar-refractivity contribution is 14.1. The molecule has 0 spiro atoms. The van der Waals surface area contributed by atoms with Crippen LogP contribution in [-0.4, -0.2) is 55.9 Å². The van der Waals surface area contributed by atoms with Crippen molar-refractivity contribution < 1.29 is 28.6 Å². The van der Waals surface area contributed by atoms with Crippen LogP contribution >= 0.6 is 38.5 Å². The predicted octanol–water partition coefficient (Wildman–Crippen LogP) is 6.78. The van der Waals surface area contributed by atoms with Crippen molar-refractivity contribution in [2.24, 2.45) is 0 Å². The topological polar surface area (TPSA) is 125 Å². The number of aromatic nitrogens is 3. The number of ether oxygens (including phenoxy) is 3. The van der Waals surface area contributed by atoms with Crippen LogP contribution in [0.3, 0.4) is 0 Å². The zero-order chi connectivity index (χ0) is 29.2. The third-order valence-corrected chi connectivity index (χ3v) is 5.91. The summed E-state index contributed by atoms with van der Waals surface area (Å²) in [6.07, 6.45) is -0.249. The fourth-order valence-electron chi connectivity index (χ4n) is 3.21. The van der Waals surface area contributed by atoms with Crippen molar-refractivity contribution in [3.63, 3.8) is 0 Å². The summed E-state index contributed by atoms with van der Waals surface area (Å²) in [7, 11) is 0. The van der Waals surface area contributed by atoms with E-state index in [9.17, 15) is 14.4 Å². The molecule has 1 atom stereocenters. The van der Waals surface area contributed by atoms with Gasteiger partial charge in [0.15, 0.2) is 5.82 Å². The van der Waals surface area contributed by atoms with Gasteiger partial charge < -0.3 is 19.5 Å². The van der Waals surface area contributed by atoms with Gasteiger partial charge in [-0.15, -0.1) is 0 Å². The summed E-state index contributed by atoms with van der Waals surface area (Å²) >= 11 is 5.60. The molecule has 38 heavy (non-hydrogen) atoms. The second-order valence-electron chi connectivity index (χ2n) is 11.8. The number of alkyl carbamates (subject to hydrolysis) is 1. The Kier molecular flexibility index (Phi) is 10.1. The van der Waals surface area contributed by atoms with E-state index < -0.39 is 35.1 Å². The molecule has 0 bridgehead atoms. The molecule has 0 radical (unpaired) electrons. The third-order valence-electron chi connectivity index (χ3n) is 4.56. The molecule has 2 aromatic rings. The Morgan fingerprint density at radius 1 is 1.00 bits per heavy atom. The van der Waals surface area contributed by atoms with E-state index in [-0.39, 0.29) is 11.9 Å². The summed E-state index contributed by atoms with van der Waals surface area (Å²) in [5, 5.41) is 7.85. The highest BCUT2D eigenvalue weighted by atomic mass is 127. The van der Waals surface area contributed by atoms with Gasteiger partial charge in [-0.05, 0) is 114 Å². The number of rotatable bonds is 5. The minimum absolute atomic E-state index is 0.0296. The Bertz CT molecular complexity index is 1170. The molecule has 0 aliphatic heterocycles. The lowest BCUT2D eigenvalue weighted by atomic mass is 10.2. The molecule has 2 aromatic heterocycles. The lowest BCUT2D eigenvalue weighted by Crippen LogP contribution is -2.44. The normalized spacial score (nSPS) is 13.2. The number of halogens is 2. The summed E-state index contributed by atoms with van der Waals surface area (Å²) in [6, 6.07) is -0.207. The van der Waals surface area contributed by atoms with Crippen molar-refractivity contribution in [2.45, 2.75) is 105 Å². The summed E-state index contributed by atoms with van der Waals surface area (Å²) in [6.45, 7) is 17.9. The smallest absolute Gasteiger partial charge is 0.425 e. The first kappa shape index (κ1) is 32.1. The van der Waals surface area contributed by atoms with Gasteiger partial charge in [-0.25, -0.2) is 19.4 Å². The number of carbonyl (C=O) groups excluding carboxylic acids is 3. The molecule has 0 saturated heterocycles. The van der Waals surface area contributed by atoms with E-state index in [2.05, 4.69) is 53.9 Å². The number of aryl methyl sites for hydroxylation is 1. The average molecular weight is 710 g/mol. The fourth-order valence-corrected chi connectivity index (χ4v) is 4.45. The second kappa shape index (κ2) is 11.9. The predicted molar refractivity (Wildman–Crippen MR) is 156 cm³/mol. The SMILES string of the molecule is CC(CCn1nc(Br)c2c(N(C(=O)OC(C)(C)C)C(=O)OC(C)(C)C)ncc(I)c21)NC(=O)OC(C)(C)C. The Balaban J connectivity index is 2.46. The first-order chi connectivity index (χ1) is 17.2. The van der Waals surface area contributed by atoms with E-state index in [1.807, 2.05) is 6.92 Å². The molecule has 3 amide bonds. The number of anilines is 1. The van der Waals surface area contributed by atoms with Gasteiger partial charge in [0.1, 0.15) is 21.4 Å². The van der Waals surface area contributed by atoms with Gasteiger partial charge in [0.2, 0.25) is 0 Å². The zero-order valence-corrected chi connectivity index (χ0v) is 27.3. The number of amides is 3. The highest BCUT2D eigenvalue weighted by Gasteiger charge is 2.36. The van der Waals surface area contributed by atoms with Crippen LogP contribution < -0.4 is 10.2 Å². The Morgan fingerprint density at radius 2 is 1.50 bits per heavy atom. The molecule has 11 nitrogen and oxygen atoms in total. The number of carbonyl (C=O) groups is 3. The maximum atomic E-state index is 13.2. The summed E-state index contributed by atoms with van der Waals surface area (Å²) < 4.78 is 19.2. The molecular weight excluding hydrogens is 673 g/mol. The van der Waals surface area contributed by atoms with E-state index >= 15 is 0 Å². The van der Waals surface area contributed by atoms with Crippen molar-refractivity contribution in [2.75, 3.05) is 4.90 Å². The van der Waals surface area contributed by atoms with Crippen molar-refractivity contribution in [1.82, 2.24) is 20.1 Å². The van der Waals surface area contributed by atoms with Crippen molar-refractivity contribution in [1.29, 1.82) is 0 Å². The number of nitrogens with zero attached hydrogens (tertiary/aromatic N) is 4. The van der Waals surface area contributed by atoms with Gasteiger partial charge in [-0.1, -0.05) is 0 Å². The van der Waals surface area contributed by atoms with Gasteiger partial charge in [0.25, 0.3) is 0 Å². The lowest BCUT2D eigenvalue weighted by molar-refractivity contribution is 0.0426. The molecule has 212 valence electrons. The van der Waals surface area contributed by atoms with Crippen LogP contribution in [0.15, 0.2) is 10.8 Å². The minimum atomic E-state index is -0.920. The van der Waals surface area contributed by atoms with Crippen molar-refractivity contribution >= 4 is 73.5 Å². The Hall–Kier alpha value is -2.16. The van der Waals surface area contributed by atoms with E-state index in [0.717, 1.165) is 8.47 Å². The molecule has 1 N–H and O–H groups in total. The van der Waals surface area contributed by atoms with Crippen LogP contribution in [0, 0.1) is 3.57 Å². The first-order valence-corrected chi connectivity index (χ1v) is 14.0. The quantitative estimate of drug-likeness (QED) is 0.266. The van der Waals surface area contributed by atoms with E-state index in [0.29, 0.717) is 28.5 Å². The third kappa shape index (κ3) is 9.24. The van der Waals surface area contributed by atoms with Crippen LogP contribution in [-0.2, 0) is 20.8 Å². The van der Waals surface area contributed by atoms with E-state index in [1.165, 1.54) is 0 Å². The molecule has 0 aromatic carbocycles. The van der Waals surface area contributed by atoms with Gasteiger partial charge in [-0.3, -0.25) is 4.68 Å². The standard InChI is InChI=1S/C25H37BrIN5O6/c1-14(29-20(33)36-23(2,3)4)11-12-31-17-15(27)13-28-19(16(17)18(26)30-31)32(21(34)37-24(5,6)7)22(35)38-25(8,9)10/h13-14H,11-12H2,1-10H3,(H,29,33). The second-order valence-corrected chi connectivity index (χ2v) is 13.7. The molecule has 0 saturated carbocycles. The largest absolute Gasteiger partial charge is 0.444 e. The first-order valence-electron chi connectivity index (χ1n) is 12.1. The molecule has 2 heterocycles. The van der Waals surface area contributed by atoms with Gasteiger partial charge in [-0.2, -0.15) is 10.00 Å². The molecule has 0 aliphatic carbocycles. The number of hydrogen-bond donors (Lipinski definition) is 1. The molecule has 2 rings (SSSR count). The maximum absolute atomic E-state index is 13.2. The number of pyridine rings is 1. The minimum Gasteiger partial charge on any atom is -0.444 e. The molecule has 0 aliphatic rings. The van der Waals surface area contributed by atoms with Crippen LogP contribution in [0.5, 0.6) is 0 Å². The van der Waals surface area contributed by atoms with Crippen molar-refractivity contribution in [3.8, 4) is 0 Å². The monoisotopic (exact) mass is 709 g/mol. The summed E-state index contributed by atoms with van der Waals surface area (Å²) in [5.74, 6) is 0.0296. The van der Waals surface area contributed by atoms with Crippen LogP contribution in [0.2, 0.25) is 0 Å². The fraction of sp³-hybridized carbons (Fsp3) is 0.640. The maximum Gasteiger partial charge on any atom is 0.425 e. The van der Waals surface area contributed by atoms with Gasteiger partial charge in [0.05, 0.1) is 14.5 Å². The molecular formula is C25H37BrIN5O6. The van der Waals surface area contributed by atoms with Gasteiger partial charge >= 0.3 is 18.3 Å².